The van der Waals surface area contributed by atoms with Gasteiger partial charge in [-0.15, -0.1) is 0 Å². The first-order valence-corrected chi connectivity index (χ1v) is 4.87. The summed E-state index contributed by atoms with van der Waals surface area (Å²) in [5.41, 5.74) is 1.52. The Morgan fingerprint density at radius 1 is 1.20 bits per heavy atom. The SMILES string of the molecule is CC(=O)Cc1ccc(C(CF)CF)cc1. The van der Waals surface area contributed by atoms with Gasteiger partial charge in [0.25, 0.3) is 0 Å². The minimum absolute atomic E-state index is 0.0790. The average molecular weight is 212 g/mol. The molecule has 0 N–H and O–H groups in total. The Morgan fingerprint density at radius 3 is 2.13 bits per heavy atom. The maximum absolute atomic E-state index is 12.4. The molecule has 0 fully saturated rings. The highest BCUT2D eigenvalue weighted by Gasteiger charge is 2.10. The topological polar surface area (TPSA) is 17.1 Å². The first-order chi connectivity index (χ1) is 7.17. The van der Waals surface area contributed by atoms with Crippen LogP contribution in [-0.4, -0.2) is 19.1 Å². The number of alkyl halides is 2. The number of hydrogen-bond acceptors (Lipinski definition) is 1. The molecule has 0 atom stereocenters. The van der Waals surface area contributed by atoms with Crippen LogP contribution < -0.4 is 0 Å². The molecule has 0 bridgehead atoms. The molecule has 0 aliphatic rings. The Kier molecular flexibility index (Phi) is 4.40. The van der Waals surface area contributed by atoms with Crippen molar-refractivity contribution in [3.63, 3.8) is 0 Å². The van der Waals surface area contributed by atoms with Gasteiger partial charge in [0.2, 0.25) is 0 Å². The van der Waals surface area contributed by atoms with Gasteiger partial charge in [-0.2, -0.15) is 0 Å². The fraction of sp³-hybridized carbons (Fsp3) is 0.417. The van der Waals surface area contributed by atoms with Gasteiger partial charge < -0.3 is 0 Å². The molecule has 1 nitrogen and oxygen atoms in total. The molecule has 15 heavy (non-hydrogen) atoms. The first-order valence-electron chi connectivity index (χ1n) is 4.87. The predicted octanol–water partition coefficient (Wildman–Crippen LogP) is 2.84. The van der Waals surface area contributed by atoms with Gasteiger partial charge in [-0.3, -0.25) is 13.6 Å². The molecule has 82 valence electrons. The van der Waals surface area contributed by atoms with E-state index < -0.39 is 19.3 Å². The van der Waals surface area contributed by atoms with Crippen LogP contribution in [0.25, 0.3) is 0 Å². The first kappa shape index (κ1) is 11.8. The van der Waals surface area contributed by atoms with E-state index in [1.807, 2.05) is 0 Å². The molecular formula is C12H14F2O. The summed E-state index contributed by atoms with van der Waals surface area (Å²) in [7, 11) is 0. The van der Waals surface area contributed by atoms with Gasteiger partial charge in [-0.25, -0.2) is 0 Å². The summed E-state index contributed by atoms with van der Waals surface area (Å²) in [4.78, 5) is 10.8. The molecule has 0 unspecified atom stereocenters. The minimum atomic E-state index is -0.692. The molecule has 0 saturated carbocycles. The Labute approximate surface area is 88.1 Å². The lowest BCUT2D eigenvalue weighted by molar-refractivity contribution is -0.116. The second-order valence-corrected chi connectivity index (χ2v) is 3.63. The van der Waals surface area contributed by atoms with E-state index in [4.69, 9.17) is 0 Å². The summed E-state index contributed by atoms with van der Waals surface area (Å²) in [5, 5.41) is 0. The number of carbonyl (C=O) groups excluding carboxylic acids is 1. The van der Waals surface area contributed by atoms with E-state index in [1.54, 1.807) is 24.3 Å². The average Bonchev–Trinajstić information content (AvgIpc) is 2.21. The van der Waals surface area contributed by atoms with Gasteiger partial charge in [-0.05, 0) is 18.1 Å². The molecule has 3 heteroatoms. The van der Waals surface area contributed by atoms with E-state index in [0.29, 0.717) is 12.0 Å². The normalized spacial score (nSPS) is 10.7. The highest BCUT2D eigenvalue weighted by atomic mass is 19.1. The number of Topliss-reactive ketones (excluding diaryl/α,β-unsaturated/α-hetero) is 1. The highest BCUT2D eigenvalue weighted by Crippen LogP contribution is 2.17. The molecule has 0 aromatic heterocycles. The smallest absolute Gasteiger partial charge is 0.134 e. The molecule has 0 amide bonds. The van der Waals surface area contributed by atoms with Crippen molar-refractivity contribution < 1.29 is 13.6 Å². The number of carbonyl (C=O) groups is 1. The maximum atomic E-state index is 12.4. The van der Waals surface area contributed by atoms with Crippen molar-refractivity contribution in [3.05, 3.63) is 35.4 Å². The van der Waals surface area contributed by atoms with Crippen LogP contribution in [0.2, 0.25) is 0 Å². The van der Waals surface area contributed by atoms with E-state index in [1.165, 1.54) is 6.92 Å². The lowest BCUT2D eigenvalue weighted by Gasteiger charge is -2.09. The number of ketones is 1. The summed E-state index contributed by atoms with van der Waals surface area (Å²) < 4.78 is 24.7. The van der Waals surface area contributed by atoms with E-state index >= 15 is 0 Å². The summed E-state index contributed by atoms with van der Waals surface area (Å²) in [5.74, 6) is -0.591. The van der Waals surface area contributed by atoms with Crippen molar-refractivity contribution in [2.45, 2.75) is 19.3 Å². The van der Waals surface area contributed by atoms with Gasteiger partial charge in [0, 0.05) is 12.3 Å². The number of hydrogen-bond donors (Lipinski definition) is 0. The fourth-order valence-electron chi connectivity index (χ4n) is 1.41. The molecule has 0 aliphatic carbocycles. The van der Waals surface area contributed by atoms with Gasteiger partial charge in [0.15, 0.2) is 0 Å². The monoisotopic (exact) mass is 212 g/mol. The zero-order valence-electron chi connectivity index (χ0n) is 8.67. The Balaban J connectivity index is 2.75. The lowest BCUT2D eigenvalue weighted by Crippen LogP contribution is -2.04. The van der Waals surface area contributed by atoms with Gasteiger partial charge in [0.05, 0.1) is 13.3 Å². The van der Waals surface area contributed by atoms with Crippen molar-refractivity contribution >= 4 is 5.78 Å². The van der Waals surface area contributed by atoms with E-state index in [2.05, 4.69) is 0 Å². The molecule has 0 heterocycles. The Bertz CT molecular complexity index is 315. The van der Waals surface area contributed by atoms with Crippen LogP contribution >= 0.6 is 0 Å². The lowest BCUT2D eigenvalue weighted by atomic mass is 9.99. The maximum Gasteiger partial charge on any atom is 0.134 e. The summed E-state index contributed by atoms with van der Waals surface area (Å²) >= 11 is 0. The van der Waals surface area contributed by atoms with Crippen molar-refractivity contribution in [3.8, 4) is 0 Å². The van der Waals surface area contributed by atoms with Crippen LogP contribution in [0.4, 0.5) is 8.78 Å². The third-order valence-electron chi connectivity index (χ3n) is 2.28. The van der Waals surface area contributed by atoms with E-state index in [-0.39, 0.29) is 5.78 Å². The van der Waals surface area contributed by atoms with E-state index in [9.17, 15) is 13.6 Å². The molecule has 0 radical (unpaired) electrons. The van der Waals surface area contributed by atoms with Crippen molar-refractivity contribution in [1.29, 1.82) is 0 Å². The van der Waals surface area contributed by atoms with Crippen LogP contribution in [0, 0.1) is 0 Å². The van der Waals surface area contributed by atoms with Gasteiger partial charge in [0.1, 0.15) is 5.78 Å². The van der Waals surface area contributed by atoms with Crippen molar-refractivity contribution in [2.75, 3.05) is 13.3 Å². The molecule has 0 aliphatic heterocycles. The van der Waals surface area contributed by atoms with Crippen molar-refractivity contribution in [1.82, 2.24) is 0 Å². The van der Waals surface area contributed by atoms with Crippen LogP contribution in [0.1, 0.15) is 24.0 Å². The standard InChI is InChI=1S/C12H14F2O/c1-9(15)6-10-2-4-11(5-3-10)12(7-13)8-14/h2-5,12H,6-8H2,1H3. The van der Waals surface area contributed by atoms with Crippen LogP contribution in [0.3, 0.4) is 0 Å². The molecule has 1 aromatic carbocycles. The zero-order chi connectivity index (χ0) is 11.3. The second-order valence-electron chi connectivity index (χ2n) is 3.63. The molecular weight excluding hydrogens is 198 g/mol. The largest absolute Gasteiger partial charge is 0.300 e. The summed E-state index contributed by atoms with van der Waals surface area (Å²) in [6.07, 6.45) is 0.371. The molecule has 0 saturated heterocycles. The Hall–Kier alpha value is -1.25. The summed E-state index contributed by atoms with van der Waals surface area (Å²) in [6, 6.07) is 6.86. The Morgan fingerprint density at radius 2 is 1.73 bits per heavy atom. The zero-order valence-corrected chi connectivity index (χ0v) is 8.67. The predicted molar refractivity (Wildman–Crippen MR) is 55.5 cm³/mol. The van der Waals surface area contributed by atoms with Gasteiger partial charge in [-0.1, -0.05) is 24.3 Å². The van der Waals surface area contributed by atoms with Crippen LogP contribution in [0.5, 0.6) is 0 Å². The van der Waals surface area contributed by atoms with Crippen LogP contribution in [-0.2, 0) is 11.2 Å². The quantitative estimate of drug-likeness (QED) is 0.733. The molecule has 0 spiro atoms. The number of benzene rings is 1. The van der Waals surface area contributed by atoms with E-state index in [0.717, 1.165) is 5.56 Å². The van der Waals surface area contributed by atoms with Gasteiger partial charge >= 0.3 is 0 Å². The molecule has 1 aromatic rings. The number of rotatable bonds is 5. The van der Waals surface area contributed by atoms with Crippen LogP contribution in [0.15, 0.2) is 24.3 Å². The highest BCUT2D eigenvalue weighted by molar-refractivity contribution is 5.78. The van der Waals surface area contributed by atoms with Crippen molar-refractivity contribution in [2.24, 2.45) is 0 Å². The molecule has 1 rings (SSSR count). The minimum Gasteiger partial charge on any atom is -0.300 e. The number of halogens is 2. The third kappa shape index (κ3) is 3.42. The second kappa shape index (κ2) is 5.59. The third-order valence-corrected chi connectivity index (χ3v) is 2.28. The fourth-order valence-corrected chi connectivity index (χ4v) is 1.41. The summed E-state index contributed by atoms with van der Waals surface area (Å²) in [6.45, 7) is 0.130.